The minimum Gasteiger partial charge on any atom is -0.454 e. The molecule has 0 aliphatic rings. The van der Waals surface area contributed by atoms with Crippen LogP contribution in [0.2, 0.25) is 10.0 Å². The van der Waals surface area contributed by atoms with E-state index in [1.54, 1.807) is 0 Å². The van der Waals surface area contributed by atoms with E-state index in [-0.39, 0.29) is 33.1 Å². The molecule has 0 radical (unpaired) electrons. The van der Waals surface area contributed by atoms with Crippen molar-refractivity contribution < 1.29 is 14.3 Å². The van der Waals surface area contributed by atoms with E-state index >= 15 is 0 Å². The van der Waals surface area contributed by atoms with Gasteiger partial charge in [0.2, 0.25) is 0 Å². The van der Waals surface area contributed by atoms with Crippen LogP contribution in [-0.4, -0.2) is 32.9 Å². The number of H-pyrrole nitrogens is 1. The summed E-state index contributed by atoms with van der Waals surface area (Å²) in [6.45, 7) is 5.35. The Morgan fingerprint density at radius 1 is 1.16 bits per heavy atom. The van der Waals surface area contributed by atoms with Gasteiger partial charge in [-0.2, -0.15) is 0 Å². The zero-order chi connectivity index (χ0) is 23.6. The Morgan fingerprint density at radius 3 is 2.50 bits per heavy atom. The maximum atomic E-state index is 12.9. The first kappa shape index (κ1) is 23.7. The van der Waals surface area contributed by atoms with Crippen molar-refractivity contribution in [3.05, 3.63) is 72.0 Å². The Labute approximate surface area is 193 Å². The van der Waals surface area contributed by atoms with Crippen LogP contribution in [0.4, 0.5) is 0 Å². The maximum Gasteiger partial charge on any atom is 0.339 e. The van der Waals surface area contributed by atoms with Crippen molar-refractivity contribution in [2.24, 2.45) is 0 Å². The summed E-state index contributed by atoms with van der Waals surface area (Å²) < 4.78 is 6.53. The second-order valence-electron chi connectivity index (χ2n) is 7.49. The molecule has 0 spiro atoms. The summed E-state index contributed by atoms with van der Waals surface area (Å²) in [5, 5.41) is 0.433. The molecule has 0 aliphatic heterocycles. The van der Waals surface area contributed by atoms with E-state index in [1.165, 1.54) is 28.8 Å². The first-order valence-electron chi connectivity index (χ1n) is 9.97. The predicted molar refractivity (Wildman–Crippen MR) is 122 cm³/mol. The maximum absolute atomic E-state index is 12.9. The van der Waals surface area contributed by atoms with Gasteiger partial charge in [-0.05, 0) is 36.6 Å². The molecule has 10 heteroatoms. The number of carbonyl (C=O) groups excluding carboxylic acids is 2. The van der Waals surface area contributed by atoms with Crippen molar-refractivity contribution >= 4 is 46.0 Å². The number of esters is 1. The molecule has 0 bridgehead atoms. The van der Waals surface area contributed by atoms with Crippen molar-refractivity contribution in [3.63, 3.8) is 0 Å². The molecule has 1 aromatic carbocycles. The monoisotopic (exact) mass is 477 g/mol. The quantitative estimate of drug-likeness (QED) is 0.407. The molecule has 0 atom stereocenters. The van der Waals surface area contributed by atoms with E-state index < -0.39 is 29.6 Å². The summed E-state index contributed by atoms with van der Waals surface area (Å²) in [5.41, 5.74) is -0.574. The number of rotatable bonds is 7. The van der Waals surface area contributed by atoms with Crippen LogP contribution in [0.5, 0.6) is 0 Å². The summed E-state index contributed by atoms with van der Waals surface area (Å²) in [4.78, 5) is 56.9. The van der Waals surface area contributed by atoms with Gasteiger partial charge in [0.05, 0.1) is 21.0 Å². The van der Waals surface area contributed by atoms with E-state index in [1.807, 2.05) is 20.8 Å². The van der Waals surface area contributed by atoms with E-state index in [9.17, 15) is 19.2 Å². The molecule has 8 nitrogen and oxygen atoms in total. The molecule has 168 valence electrons. The van der Waals surface area contributed by atoms with Crippen LogP contribution < -0.4 is 11.2 Å². The molecule has 32 heavy (non-hydrogen) atoms. The van der Waals surface area contributed by atoms with Gasteiger partial charge in [0.15, 0.2) is 18.0 Å². The van der Waals surface area contributed by atoms with Crippen LogP contribution in [0.1, 0.15) is 59.5 Å². The highest BCUT2D eigenvalue weighted by Gasteiger charge is 2.22. The van der Waals surface area contributed by atoms with Crippen molar-refractivity contribution in [1.82, 2.24) is 14.5 Å². The predicted octanol–water partition coefficient (Wildman–Crippen LogP) is 3.96. The highest BCUT2D eigenvalue weighted by molar-refractivity contribution is 6.42. The lowest BCUT2D eigenvalue weighted by atomic mass is 10.0. The number of aromatic nitrogens is 3. The topological polar surface area (TPSA) is 111 Å². The summed E-state index contributed by atoms with van der Waals surface area (Å²) >= 11 is 11.8. The summed E-state index contributed by atoms with van der Waals surface area (Å²) in [7, 11) is 0. The Bertz CT molecular complexity index is 1330. The fourth-order valence-electron chi connectivity index (χ4n) is 3.14. The van der Waals surface area contributed by atoms with E-state index in [2.05, 4.69) is 9.97 Å². The molecular weight excluding hydrogens is 457 g/mol. The Kier molecular flexibility index (Phi) is 7.16. The van der Waals surface area contributed by atoms with Gasteiger partial charge in [0.25, 0.3) is 5.56 Å². The average Bonchev–Trinajstić information content (AvgIpc) is 2.75. The average molecular weight is 478 g/mol. The number of fused-ring (bicyclic) bond motifs is 1. The highest BCUT2D eigenvalue weighted by Crippen LogP contribution is 2.23. The van der Waals surface area contributed by atoms with Crippen LogP contribution in [0.15, 0.2) is 33.9 Å². The number of hydrogen-bond acceptors (Lipinski definition) is 6. The number of halogens is 2. The molecule has 0 saturated carbocycles. The van der Waals surface area contributed by atoms with E-state index in [0.29, 0.717) is 23.7 Å². The van der Waals surface area contributed by atoms with Gasteiger partial charge in [-0.3, -0.25) is 19.1 Å². The molecule has 0 unspecified atom stereocenters. The van der Waals surface area contributed by atoms with E-state index in [4.69, 9.17) is 27.9 Å². The van der Waals surface area contributed by atoms with Gasteiger partial charge in [0.1, 0.15) is 0 Å². The molecule has 3 rings (SSSR count). The molecule has 0 fully saturated rings. The van der Waals surface area contributed by atoms with Crippen LogP contribution in [-0.2, 0) is 11.3 Å². The number of Topliss-reactive ketones (excluding diaryl/α,β-unsaturated/α-hetero) is 1. The van der Waals surface area contributed by atoms with E-state index in [0.717, 1.165) is 0 Å². The van der Waals surface area contributed by atoms with Gasteiger partial charge in [-0.1, -0.05) is 44.0 Å². The number of benzene rings is 1. The molecule has 1 N–H and O–H groups in total. The lowest BCUT2D eigenvalue weighted by molar-refractivity contribution is 0.0476. The normalized spacial score (nSPS) is 11.2. The molecule has 3 aromatic rings. The fraction of sp³-hybridized carbons (Fsp3) is 0.318. The summed E-state index contributed by atoms with van der Waals surface area (Å²) in [6.07, 6.45) is 0.618. The minimum absolute atomic E-state index is 0.0607. The number of aromatic amines is 1. The number of ether oxygens (including phenoxy) is 1. The van der Waals surface area contributed by atoms with Crippen molar-refractivity contribution in [1.29, 1.82) is 0 Å². The fourth-order valence-corrected chi connectivity index (χ4v) is 3.44. The second kappa shape index (κ2) is 9.67. The third kappa shape index (κ3) is 4.76. The van der Waals surface area contributed by atoms with Gasteiger partial charge in [-0.25, -0.2) is 14.6 Å². The molecule has 2 heterocycles. The number of pyridine rings is 1. The number of nitrogens with zero attached hydrogens (tertiary/aromatic N) is 2. The van der Waals surface area contributed by atoms with Gasteiger partial charge >= 0.3 is 11.7 Å². The Morgan fingerprint density at radius 2 is 1.88 bits per heavy atom. The number of ketones is 1. The van der Waals surface area contributed by atoms with Crippen LogP contribution in [0, 0.1) is 0 Å². The molecule has 2 aromatic heterocycles. The molecule has 0 saturated heterocycles. The summed E-state index contributed by atoms with van der Waals surface area (Å²) in [6, 6.07) is 5.77. The van der Waals surface area contributed by atoms with Gasteiger partial charge < -0.3 is 4.74 Å². The van der Waals surface area contributed by atoms with Crippen LogP contribution in [0.25, 0.3) is 11.0 Å². The molecule has 0 amide bonds. The lowest BCUT2D eigenvalue weighted by Gasteiger charge is -2.14. The van der Waals surface area contributed by atoms with Gasteiger partial charge in [-0.15, -0.1) is 0 Å². The standard InChI is InChI=1S/C22H21Cl2N3O5/c1-4-7-27-19-18(20(29)26-22(27)31)13(9-16(25-19)11(2)3)21(30)32-10-17(28)12-5-6-14(23)15(24)8-12/h5-6,8-9,11H,4,7,10H2,1-3H3,(H,26,29,31). The van der Waals surface area contributed by atoms with Crippen molar-refractivity contribution in [2.45, 2.75) is 39.7 Å². The van der Waals surface area contributed by atoms with Gasteiger partial charge in [0, 0.05) is 17.8 Å². The highest BCUT2D eigenvalue weighted by atomic mass is 35.5. The number of aryl methyl sites for hydroxylation is 1. The zero-order valence-corrected chi connectivity index (χ0v) is 19.2. The third-order valence-electron chi connectivity index (χ3n) is 4.80. The largest absolute Gasteiger partial charge is 0.454 e. The Hall–Kier alpha value is -2.97. The lowest BCUT2D eigenvalue weighted by Crippen LogP contribution is -2.32. The summed E-state index contributed by atoms with van der Waals surface area (Å²) in [5.74, 6) is -1.45. The van der Waals surface area contributed by atoms with Crippen LogP contribution >= 0.6 is 23.2 Å². The smallest absolute Gasteiger partial charge is 0.339 e. The van der Waals surface area contributed by atoms with Crippen molar-refractivity contribution in [2.75, 3.05) is 6.61 Å². The minimum atomic E-state index is -0.875. The Balaban J connectivity index is 2.02. The van der Waals surface area contributed by atoms with Crippen molar-refractivity contribution in [3.8, 4) is 0 Å². The number of nitrogens with one attached hydrogen (secondary N) is 1. The first-order chi connectivity index (χ1) is 15.1. The number of carbonyl (C=O) groups is 2. The molecular formula is C22H21Cl2N3O5. The van der Waals surface area contributed by atoms with Crippen LogP contribution in [0.3, 0.4) is 0 Å². The number of hydrogen-bond donors (Lipinski definition) is 1. The SMILES string of the molecule is CCCn1c(=O)[nH]c(=O)c2c(C(=O)OCC(=O)c3ccc(Cl)c(Cl)c3)cc(C(C)C)nc21. The molecule has 0 aliphatic carbocycles. The second-order valence-corrected chi connectivity index (χ2v) is 8.30. The first-order valence-corrected chi connectivity index (χ1v) is 10.7. The third-order valence-corrected chi connectivity index (χ3v) is 5.54. The zero-order valence-electron chi connectivity index (χ0n) is 17.7.